The highest BCUT2D eigenvalue weighted by Crippen LogP contribution is 2.27. The minimum absolute atomic E-state index is 0.169. The lowest BCUT2D eigenvalue weighted by Crippen LogP contribution is -2.26. The lowest BCUT2D eigenvalue weighted by molar-refractivity contribution is 0.0997. The number of hydrogen-bond donors (Lipinski definition) is 2. The van der Waals surface area contributed by atoms with Crippen molar-refractivity contribution in [3.8, 4) is 0 Å². The monoisotopic (exact) mass is 280 g/mol. The molecule has 0 fully saturated rings. The zero-order chi connectivity index (χ0) is 14.0. The van der Waals surface area contributed by atoms with Crippen LogP contribution in [0.1, 0.15) is 9.67 Å². The Balaban J connectivity index is 2.30. The van der Waals surface area contributed by atoms with Crippen LogP contribution in [0.15, 0.2) is 24.3 Å². The van der Waals surface area contributed by atoms with Gasteiger partial charge in [-0.05, 0) is 18.2 Å². The van der Waals surface area contributed by atoms with Gasteiger partial charge in [0.25, 0.3) is 5.91 Å². The predicted octanol–water partition coefficient (Wildman–Crippen LogP) is 2.18. The molecule has 0 atom stereocenters. The smallest absolute Gasteiger partial charge is 0.272 e. The number of halogens is 1. The van der Waals surface area contributed by atoms with Crippen molar-refractivity contribution in [1.29, 1.82) is 0 Å². The van der Waals surface area contributed by atoms with Crippen molar-refractivity contribution in [2.75, 3.05) is 30.0 Å². The lowest BCUT2D eigenvalue weighted by Gasteiger charge is -2.16. The Kier molecular flexibility index (Phi) is 3.66. The number of hydrogen-bond acceptors (Lipinski definition) is 5. The van der Waals surface area contributed by atoms with Crippen LogP contribution in [-0.2, 0) is 0 Å². The van der Waals surface area contributed by atoms with Gasteiger partial charge in [-0.15, -0.1) is 0 Å². The van der Waals surface area contributed by atoms with Gasteiger partial charge in [-0.25, -0.2) is 9.37 Å². The molecule has 0 bridgehead atoms. The molecule has 0 aliphatic heterocycles. The molecule has 0 unspecified atom stereocenters. The van der Waals surface area contributed by atoms with E-state index in [1.807, 2.05) is 0 Å². The van der Waals surface area contributed by atoms with Crippen LogP contribution in [0.25, 0.3) is 0 Å². The molecule has 1 amide bonds. The van der Waals surface area contributed by atoms with E-state index in [1.165, 1.54) is 17.0 Å². The van der Waals surface area contributed by atoms with Gasteiger partial charge in [0.05, 0.1) is 0 Å². The molecule has 2 rings (SSSR count). The summed E-state index contributed by atoms with van der Waals surface area (Å²) in [4.78, 5) is 17.9. The molecule has 19 heavy (non-hydrogen) atoms. The minimum atomic E-state index is -0.398. The molecule has 100 valence electrons. The van der Waals surface area contributed by atoms with Crippen molar-refractivity contribution in [3.63, 3.8) is 0 Å². The molecule has 0 spiro atoms. The van der Waals surface area contributed by atoms with Crippen LogP contribution in [-0.4, -0.2) is 25.0 Å². The molecule has 0 aliphatic rings. The zero-order valence-electron chi connectivity index (χ0n) is 10.5. The van der Waals surface area contributed by atoms with Gasteiger partial charge in [0.2, 0.25) is 0 Å². The Morgan fingerprint density at radius 1 is 1.53 bits per heavy atom. The molecule has 0 saturated carbocycles. The third kappa shape index (κ3) is 2.65. The van der Waals surface area contributed by atoms with Crippen LogP contribution in [0, 0.1) is 5.82 Å². The molecular weight excluding hydrogens is 267 g/mol. The van der Waals surface area contributed by atoms with E-state index in [4.69, 9.17) is 5.73 Å². The third-order valence-corrected chi connectivity index (χ3v) is 3.64. The van der Waals surface area contributed by atoms with E-state index in [-0.39, 0.29) is 11.7 Å². The van der Waals surface area contributed by atoms with Gasteiger partial charge in [-0.1, -0.05) is 17.4 Å². The summed E-state index contributed by atoms with van der Waals surface area (Å²) >= 11 is 1.16. The first-order chi connectivity index (χ1) is 9.02. The number of anilines is 3. The van der Waals surface area contributed by atoms with Gasteiger partial charge in [0.15, 0.2) is 5.13 Å². The molecule has 3 N–H and O–H groups in total. The van der Waals surface area contributed by atoms with Crippen LogP contribution >= 0.6 is 11.3 Å². The SMILES string of the molecule is CNc1nc(N)c(C(=O)N(C)c2cccc(F)c2)s1. The van der Waals surface area contributed by atoms with E-state index in [0.717, 1.165) is 11.3 Å². The maximum atomic E-state index is 13.1. The average molecular weight is 280 g/mol. The summed E-state index contributed by atoms with van der Waals surface area (Å²) in [6.45, 7) is 0. The van der Waals surface area contributed by atoms with Gasteiger partial charge in [-0.2, -0.15) is 0 Å². The Hall–Kier alpha value is -2.15. The van der Waals surface area contributed by atoms with E-state index >= 15 is 0 Å². The highest BCUT2D eigenvalue weighted by Gasteiger charge is 2.20. The molecule has 2 aromatic rings. The summed E-state index contributed by atoms with van der Waals surface area (Å²) in [6, 6.07) is 5.80. The number of nitrogens with one attached hydrogen (secondary N) is 1. The topological polar surface area (TPSA) is 71.2 Å². The van der Waals surface area contributed by atoms with Gasteiger partial charge in [0.1, 0.15) is 16.5 Å². The number of carbonyl (C=O) groups is 1. The number of nitrogens with two attached hydrogens (primary N) is 1. The Morgan fingerprint density at radius 2 is 2.26 bits per heavy atom. The molecule has 0 radical (unpaired) electrons. The predicted molar refractivity (Wildman–Crippen MR) is 75.2 cm³/mol. The second-order valence-corrected chi connectivity index (χ2v) is 4.83. The number of thiazole rings is 1. The fourth-order valence-corrected chi connectivity index (χ4v) is 2.36. The number of aromatic nitrogens is 1. The maximum absolute atomic E-state index is 13.1. The molecule has 1 heterocycles. The molecule has 0 saturated heterocycles. The summed E-state index contributed by atoms with van der Waals surface area (Å²) in [5.74, 6) is -0.546. The molecule has 5 nitrogen and oxygen atoms in total. The molecule has 0 aliphatic carbocycles. The van der Waals surface area contributed by atoms with Crippen LogP contribution in [0.3, 0.4) is 0 Å². The summed E-state index contributed by atoms with van der Waals surface area (Å²) < 4.78 is 13.1. The first-order valence-corrected chi connectivity index (χ1v) is 6.32. The second kappa shape index (κ2) is 5.23. The van der Waals surface area contributed by atoms with Gasteiger partial charge in [-0.3, -0.25) is 4.79 Å². The Labute approximate surface area is 113 Å². The fraction of sp³-hybridized carbons (Fsp3) is 0.167. The highest BCUT2D eigenvalue weighted by atomic mass is 32.1. The van der Waals surface area contributed by atoms with E-state index in [2.05, 4.69) is 10.3 Å². The van der Waals surface area contributed by atoms with Gasteiger partial charge < -0.3 is 16.0 Å². The zero-order valence-corrected chi connectivity index (χ0v) is 11.3. The van der Waals surface area contributed by atoms with Crippen molar-refractivity contribution >= 4 is 33.9 Å². The number of benzene rings is 1. The quantitative estimate of drug-likeness (QED) is 0.904. The minimum Gasteiger partial charge on any atom is -0.382 e. The van der Waals surface area contributed by atoms with Crippen molar-refractivity contribution in [2.24, 2.45) is 0 Å². The summed E-state index contributed by atoms with van der Waals surface area (Å²) in [5, 5.41) is 3.39. The Bertz CT molecular complexity index is 614. The first-order valence-electron chi connectivity index (χ1n) is 5.50. The largest absolute Gasteiger partial charge is 0.382 e. The average Bonchev–Trinajstić information content (AvgIpc) is 2.78. The van der Waals surface area contributed by atoms with E-state index in [1.54, 1.807) is 26.2 Å². The van der Waals surface area contributed by atoms with Crippen LogP contribution in [0.5, 0.6) is 0 Å². The van der Waals surface area contributed by atoms with Crippen molar-refractivity contribution in [3.05, 3.63) is 35.0 Å². The summed E-state index contributed by atoms with van der Waals surface area (Å²) in [5.41, 5.74) is 6.16. The number of rotatable bonds is 3. The van der Waals surface area contributed by atoms with Gasteiger partial charge >= 0.3 is 0 Å². The highest BCUT2D eigenvalue weighted by molar-refractivity contribution is 7.18. The van der Waals surface area contributed by atoms with E-state index in [9.17, 15) is 9.18 Å². The van der Waals surface area contributed by atoms with Crippen molar-refractivity contribution < 1.29 is 9.18 Å². The molecule has 1 aromatic carbocycles. The van der Waals surface area contributed by atoms with Crippen LogP contribution < -0.4 is 16.0 Å². The molecule has 1 aromatic heterocycles. The number of nitrogen functional groups attached to an aromatic ring is 1. The summed E-state index contributed by atoms with van der Waals surface area (Å²) in [6.07, 6.45) is 0. The maximum Gasteiger partial charge on any atom is 0.272 e. The van der Waals surface area contributed by atoms with E-state index in [0.29, 0.717) is 15.7 Å². The third-order valence-electron chi connectivity index (χ3n) is 2.56. The summed E-state index contributed by atoms with van der Waals surface area (Å²) in [7, 11) is 3.26. The lowest BCUT2D eigenvalue weighted by atomic mass is 10.3. The first kappa shape index (κ1) is 13.3. The standard InChI is InChI=1S/C12H13FN4OS/c1-15-12-16-10(14)9(19-12)11(18)17(2)8-5-3-4-7(13)6-8/h3-6H,14H2,1-2H3,(H,15,16). The fourth-order valence-electron chi connectivity index (χ4n) is 1.55. The Morgan fingerprint density at radius 3 is 2.84 bits per heavy atom. The van der Waals surface area contributed by atoms with Crippen molar-refractivity contribution in [1.82, 2.24) is 4.98 Å². The van der Waals surface area contributed by atoms with Crippen molar-refractivity contribution in [2.45, 2.75) is 0 Å². The number of amides is 1. The van der Waals surface area contributed by atoms with Gasteiger partial charge in [0, 0.05) is 19.8 Å². The number of nitrogens with zero attached hydrogens (tertiary/aromatic N) is 2. The normalized spacial score (nSPS) is 10.3. The molecule has 7 heteroatoms. The molecular formula is C12H13FN4OS. The second-order valence-electron chi connectivity index (χ2n) is 3.83. The number of carbonyl (C=O) groups excluding carboxylic acids is 1. The van der Waals surface area contributed by atoms with Crippen LogP contribution in [0.2, 0.25) is 0 Å². The van der Waals surface area contributed by atoms with Crippen LogP contribution in [0.4, 0.5) is 21.0 Å². The van der Waals surface area contributed by atoms with E-state index < -0.39 is 5.82 Å².